The summed E-state index contributed by atoms with van der Waals surface area (Å²) in [4.78, 5) is 23.9. The predicted octanol–water partition coefficient (Wildman–Crippen LogP) is 2.34. The molecule has 150 valence electrons. The Morgan fingerprint density at radius 2 is 1.82 bits per heavy atom. The molecule has 0 atom stereocenters. The largest absolute Gasteiger partial charge is 0.300 e. The van der Waals surface area contributed by atoms with Gasteiger partial charge in [0.25, 0.3) is 0 Å². The Kier molecular flexibility index (Phi) is 6.21. The van der Waals surface area contributed by atoms with Crippen LogP contribution in [0.25, 0.3) is 0 Å². The molecule has 1 aliphatic heterocycles. The Morgan fingerprint density at radius 1 is 1.18 bits per heavy atom. The molecule has 1 aliphatic rings. The van der Waals surface area contributed by atoms with Crippen LogP contribution in [0, 0.1) is 5.92 Å². The molecule has 2 heterocycles. The van der Waals surface area contributed by atoms with Gasteiger partial charge in [-0.1, -0.05) is 30.4 Å². The first-order valence-electron chi connectivity index (χ1n) is 9.05. The normalized spacial score (nSPS) is 16.1. The fourth-order valence-corrected chi connectivity index (χ4v) is 5.18. The van der Waals surface area contributed by atoms with Crippen molar-refractivity contribution in [3.8, 4) is 0 Å². The summed E-state index contributed by atoms with van der Waals surface area (Å²) in [5, 5.41) is 12.0. The number of rotatable bonds is 6. The number of carbonyl (C=O) groups is 2. The Hall–Kier alpha value is -2.17. The van der Waals surface area contributed by atoms with Crippen LogP contribution in [0.2, 0.25) is 0 Å². The lowest BCUT2D eigenvalue weighted by Gasteiger charge is -2.30. The van der Waals surface area contributed by atoms with Gasteiger partial charge in [-0.25, -0.2) is 8.42 Å². The van der Waals surface area contributed by atoms with Gasteiger partial charge in [-0.3, -0.25) is 9.59 Å². The van der Waals surface area contributed by atoms with Crippen molar-refractivity contribution in [3.05, 3.63) is 34.8 Å². The van der Waals surface area contributed by atoms with Crippen LogP contribution in [0.5, 0.6) is 0 Å². The van der Waals surface area contributed by atoms with Crippen LogP contribution >= 0.6 is 11.3 Å². The monoisotopic (exact) mass is 422 g/mol. The molecule has 0 spiro atoms. The third kappa shape index (κ3) is 4.45. The van der Waals surface area contributed by atoms with Gasteiger partial charge in [0.15, 0.2) is 5.78 Å². The highest BCUT2D eigenvalue weighted by Gasteiger charge is 2.32. The quantitative estimate of drug-likeness (QED) is 0.716. The Morgan fingerprint density at radius 3 is 2.36 bits per heavy atom. The van der Waals surface area contributed by atoms with E-state index in [1.807, 2.05) is 6.92 Å². The summed E-state index contributed by atoms with van der Waals surface area (Å²) in [6, 6.07) is 5.93. The zero-order valence-corrected chi connectivity index (χ0v) is 17.3. The van der Waals surface area contributed by atoms with Crippen LogP contribution < -0.4 is 5.32 Å². The molecule has 10 heteroatoms. The summed E-state index contributed by atoms with van der Waals surface area (Å²) >= 11 is 1.35. The second kappa shape index (κ2) is 8.46. The van der Waals surface area contributed by atoms with Crippen molar-refractivity contribution in [2.24, 2.45) is 5.92 Å². The van der Waals surface area contributed by atoms with Gasteiger partial charge in [0, 0.05) is 24.6 Å². The molecular weight excluding hydrogens is 400 g/mol. The summed E-state index contributed by atoms with van der Waals surface area (Å²) in [6.45, 7) is 3.94. The van der Waals surface area contributed by atoms with Crippen molar-refractivity contribution < 1.29 is 18.0 Å². The number of carbonyl (C=O) groups excluding carboxylic acids is 2. The van der Waals surface area contributed by atoms with Crippen LogP contribution in [0.3, 0.4) is 0 Å². The number of amides is 1. The maximum atomic E-state index is 12.8. The van der Waals surface area contributed by atoms with Crippen molar-refractivity contribution in [1.82, 2.24) is 14.5 Å². The second-order valence-electron chi connectivity index (χ2n) is 6.60. The molecule has 1 aromatic carbocycles. The molecule has 1 fully saturated rings. The number of aromatic nitrogens is 2. The number of hydrogen-bond acceptors (Lipinski definition) is 7. The van der Waals surface area contributed by atoms with Crippen molar-refractivity contribution in [2.45, 2.75) is 38.0 Å². The van der Waals surface area contributed by atoms with Crippen LogP contribution in [0.1, 0.15) is 42.1 Å². The molecule has 0 aliphatic carbocycles. The van der Waals surface area contributed by atoms with Crippen molar-refractivity contribution in [1.29, 1.82) is 0 Å². The molecule has 0 bridgehead atoms. The number of anilines is 1. The first-order valence-corrected chi connectivity index (χ1v) is 11.3. The molecule has 2 aromatic rings. The average Bonchev–Trinajstić information content (AvgIpc) is 3.15. The number of Topliss-reactive ketones (excluding diaryl/α,β-unsaturated/α-hetero) is 1. The first kappa shape index (κ1) is 20.6. The maximum Gasteiger partial charge on any atom is 0.243 e. The minimum atomic E-state index is -3.64. The Balaban J connectivity index is 1.60. The molecule has 1 saturated heterocycles. The fraction of sp³-hybridized carbons (Fsp3) is 0.444. The van der Waals surface area contributed by atoms with E-state index in [0.717, 1.165) is 11.4 Å². The molecule has 0 saturated carbocycles. The molecule has 1 N–H and O–H groups in total. The summed E-state index contributed by atoms with van der Waals surface area (Å²) in [7, 11) is -3.64. The lowest BCUT2D eigenvalue weighted by atomic mass is 9.97. The van der Waals surface area contributed by atoms with E-state index in [2.05, 4.69) is 15.5 Å². The van der Waals surface area contributed by atoms with E-state index >= 15 is 0 Å². The number of ketones is 1. The van der Waals surface area contributed by atoms with E-state index in [0.29, 0.717) is 23.5 Å². The van der Waals surface area contributed by atoms with Crippen molar-refractivity contribution in [3.63, 3.8) is 0 Å². The summed E-state index contributed by atoms with van der Waals surface area (Å²) in [5.41, 5.74) is 0.470. The SMILES string of the molecule is CCc1nnc(NC(=O)C2CCN(S(=O)(=O)c3ccc(C(C)=O)cc3)CC2)s1. The number of nitrogens with zero attached hydrogens (tertiary/aromatic N) is 3. The van der Waals surface area contributed by atoms with E-state index in [4.69, 9.17) is 0 Å². The lowest BCUT2D eigenvalue weighted by molar-refractivity contribution is -0.120. The number of hydrogen-bond donors (Lipinski definition) is 1. The van der Waals surface area contributed by atoms with Crippen LogP contribution in [0.15, 0.2) is 29.2 Å². The highest BCUT2D eigenvalue weighted by Crippen LogP contribution is 2.26. The predicted molar refractivity (Wildman–Crippen MR) is 106 cm³/mol. The van der Waals surface area contributed by atoms with Crippen molar-refractivity contribution >= 4 is 38.2 Å². The molecule has 1 amide bonds. The van der Waals surface area contributed by atoms with E-state index < -0.39 is 10.0 Å². The standard InChI is InChI=1S/C18H22N4O4S2/c1-3-16-20-21-18(27-16)19-17(24)14-8-10-22(11-9-14)28(25,26)15-6-4-13(5-7-15)12(2)23/h4-7,14H,3,8-11H2,1-2H3,(H,19,21,24). The molecule has 0 unspecified atom stereocenters. The van der Waals surface area contributed by atoms with E-state index in [-0.39, 0.29) is 35.6 Å². The zero-order chi connectivity index (χ0) is 20.3. The van der Waals surface area contributed by atoms with E-state index in [1.54, 1.807) is 0 Å². The number of nitrogens with one attached hydrogen (secondary N) is 1. The lowest BCUT2D eigenvalue weighted by Crippen LogP contribution is -2.41. The van der Waals surface area contributed by atoms with Crippen LogP contribution in [-0.2, 0) is 21.2 Å². The van der Waals surface area contributed by atoms with E-state index in [9.17, 15) is 18.0 Å². The summed E-state index contributed by atoms with van der Waals surface area (Å²) < 4.78 is 27.0. The fourth-order valence-electron chi connectivity index (χ4n) is 3.02. The highest BCUT2D eigenvalue weighted by molar-refractivity contribution is 7.89. The minimum Gasteiger partial charge on any atom is -0.300 e. The topological polar surface area (TPSA) is 109 Å². The molecule has 1 aromatic heterocycles. The van der Waals surface area contributed by atoms with Crippen LogP contribution in [-0.4, -0.2) is 47.7 Å². The average molecular weight is 423 g/mol. The van der Waals surface area contributed by atoms with Crippen LogP contribution in [0.4, 0.5) is 5.13 Å². The van der Waals surface area contributed by atoms with Gasteiger partial charge in [0.05, 0.1) is 4.90 Å². The summed E-state index contributed by atoms with van der Waals surface area (Å²) in [5.74, 6) is -0.528. The molecule has 28 heavy (non-hydrogen) atoms. The first-order chi connectivity index (χ1) is 13.3. The van der Waals surface area contributed by atoms with Gasteiger partial charge in [-0.2, -0.15) is 4.31 Å². The van der Waals surface area contributed by atoms with Gasteiger partial charge >= 0.3 is 0 Å². The van der Waals surface area contributed by atoms with E-state index in [1.165, 1.54) is 46.8 Å². The Labute approximate surface area is 168 Å². The second-order valence-corrected chi connectivity index (χ2v) is 9.60. The van der Waals surface area contributed by atoms with Gasteiger partial charge in [-0.05, 0) is 38.3 Å². The molecular formula is C18H22N4O4S2. The maximum absolute atomic E-state index is 12.8. The smallest absolute Gasteiger partial charge is 0.243 e. The minimum absolute atomic E-state index is 0.114. The van der Waals surface area contributed by atoms with Gasteiger partial charge < -0.3 is 5.32 Å². The molecule has 0 radical (unpaired) electrons. The third-order valence-corrected chi connectivity index (χ3v) is 7.62. The molecule has 3 rings (SSSR count). The number of sulfonamides is 1. The third-order valence-electron chi connectivity index (χ3n) is 4.72. The highest BCUT2D eigenvalue weighted by atomic mass is 32.2. The zero-order valence-electron chi connectivity index (χ0n) is 15.7. The Bertz CT molecular complexity index is 962. The van der Waals surface area contributed by atoms with Gasteiger partial charge in [-0.15, -0.1) is 10.2 Å². The van der Waals surface area contributed by atoms with Gasteiger partial charge in [0.2, 0.25) is 21.1 Å². The van der Waals surface area contributed by atoms with Gasteiger partial charge in [0.1, 0.15) is 5.01 Å². The number of piperidine rings is 1. The number of aryl methyl sites for hydroxylation is 1. The number of benzene rings is 1. The summed E-state index contributed by atoms with van der Waals surface area (Å²) in [6.07, 6.45) is 1.64. The van der Waals surface area contributed by atoms with Crippen molar-refractivity contribution in [2.75, 3.05) is 18.4 Å². The molecule has 8 nitrogen and oxygen atoms in total.